The number of carbonyl (C=O) groups is 1. The first kappa shape index (κ1) is 27.0. The molecule has 0 spiro atoms. The van der Waals surface area contributed by atoms with Crippen LogP contribution in [0.15, 0.2) is 29.2 Å². The summed E-state index contributed by atoms with van der Waals surface area (Å²) in [6, 6.07) is 5.15. The largest absolute Gasteiger partial charge is 0.309 e. The van der Waals surface area contributed by atoms with Gasteiger partial charge in [-0.3, -0.25) is 4.79 Å². The van der Waals surface area contributed by atoms with E-state index in [2.05, 4.69) is 6.92 Å². The van der Waals surface area contributed by atoms with Crippen molar-refractivity contribution < 1.29 is 22.0 Å². The van der Waals surface area contributed by atoms with E-state index in [1.807, 2.05) is 0 Å². The Morgan fingerprint density at radius 1 is 1.15 bits per heavy atom. The lowest BCUT2D eigenvalue weighted by Gasteiger charge is -2.40. The molecule has 2 aliphatic rings. The zero-order valence-corrected chi connectivity index (χ0v) is 21.7. The molecular weight excluding hydrogens is 456 g/mol. The number of rotatable bonds is 10. The van der Waals surface area contributed by atoms with E-state index in [1.54, 1.807) is 13.8 Å². The van der Waals surface area contributed by atoms with E-state index in [-0.39, 0.29) is 40.4 Å². The normalized spacial score (nSPS) is 26.1. The Kier molecular flexibility index (Phi) is 8.06. The van der Waals surface area contributed by atoms with Crippen LogP contribution in [-0.2, 0) is 20.6 Å². The van der Waals surface area contributed by atoms with Crippen LogP contribution in [0.1, 0.15) is 91.0 Å². The average Bonchev–Trinajstić information content (AvgIpc) is 2.76. The van der Waals surface area contributed by atoms with Crippen LogP contribution in [0.3, 0.4) is 0 Å². The number of nitrogens with one attached hydrogen (secondary N) is 1. The van der Waals surface area contributed by atoms with Crippen LogP contribution >= 0.6 is 0 Å². The summed E-state index contributed by atoms with van der Waals surface area (Å²) in [5.41, 5.74) is 0.204. The van der Waals surface area contributed by atoms with Crippen molar-refractivity contribution in [3.05, 3.63) is 29.8 Å². The second-order valence-corrected chi connectivity index (χ2v) is 13.7. The molecule has 190 valence electrons. The number of carbonyl (C=O) groups excluding carboxylic acids is 1. The second-order valence-electron chi connectivity index (χ2n) is 11.1. The van der Waals surface area contributed by atoms with E-state index in [1.165, 1.54) is 31.5 Å². The third-order valence-corrected chi connectivity index (χ3v) is 10.6. The number of alkyl halides is 2. The van der Waals surface area contributed by atoms with Crippen LogP contribution in [0.4, 0.5) is 8.78 Å². The van der Waals surface area contributed by atoms with E-state index in [0.29, 0.717) is 30.9 Å². The van der Waals surface area contributed by atoms with Gasteiger partial charge in [0.25, 0.3) is 5.92 Å². The van der Waals surface area contributed by atoms with Gasteiger partial charge in [0.1, 0.15) is 5.78 Å². The summed E-state index contributed by atoms with van der Waals surface area (Å²) in [5.74, 6) is -2.23. The zero-order valence-electron chi connectivity index (χ0n) is 20.9. The minimum atomic E-state index is -3.82. The number of Topliss-reactive ketones (excluding diaryl/α,β-unsaturated/α-hetero) is 1. The average molecular weight is 496 g/mol. The van der Waals surface area contributed by atoms with Crippen LogP contribution in [0, 0.1) is 29.1 Å². The molecule has 4 nitrogen and oxygen atoms in total. The molecule has 0 amide bonds. The lowest BCUT2D eigenvalue weighted by molar-refractivity contribution is -0.124. The fraction of sp³-hybridized carbons (Fsp3) is 0.704. The predicted molar refractivity (Wildman–Crippen MR) is 131 cm³/mol. The molecule has 2 saturated carbocycles. The van der Waals surface area contributed by atoms with E-state index < -0.39 is 26.9 Å². The Labute approximate surface area is 203 Å². The van der Waals surface area contributed by atoms with Gasteiger partial charge in [0.2, 0.25) is 0 Å². The summed E-state index contributed by atoms with van der Waals surface area (Å²) in [6.07, 6.45) is 5.91. The maximum Gasteiger partial charge on any atom is 0.273 e. The van der Waals surface area contributed by atoms with Gasteiger partial charge in [-0.1, -0.05) is 45.2 Å². The fourth-order valence-corrected chi connectivity index (χ4v) is 7.30. The highest BCUT2D eigenvalue weighted by atomic mass is 32.2. The Bertz CT molecular complexity index is 1010. The van der Waals surface area contributed by atoms with Gasteiger partial charge >= 0.3 is 0 Å². The second kappa shape index (κ2) is 10.2. The van der Waals surface area contributed by atoms with Crippen molar-refractivity contribution in [2.24, 2.45) is 23.7 Å². The molecule has 1 N–H and O–H groups in total. The van der Waals surface area contributed by atoms with Crippen molar-refractivity contribution in [1.29, 1.82) is 5.41 Å². The molecule has 0 bridgehead atoms. The molecule has 0 saturated heterocycles. The molecule has 2 fully saturated rings. The van der Waals surface area contributed by atoms with E-state index >= 15 is 0 Å². The monoisotopic (exact) mass is 495 g/mol. The van der Waals surface area contributed by atoms with Gasteiger partial charge in [-0.05, 0) is 69.4 Å². The Morgan fingerprint density at radius 2 is 1.79 bits per heavy atom. The molecule has 0 radical (unpaired) electrons. The number of halogens is 2. The van der Waals surface area contributed by atoms with Crippen molar-refractivity contribution in [2.75, 3.05) is 0 Å². The van der Waals surface area contributed by atoms with Gasteiger partial charge in [-0.15, -0.1) is 0 Å². The highest BCUT2D eigenvalue weighted by molar-refractivity contribution is 7.92. The molecule has 2 aliphatic carbocycles. The number of hydrogen-bond acceptors (Lipinski definition) is 4. The summed E-state index contributed by atoms with van der Waals surface area (Å²) >= 11 is 0. The van der Waals surface area contributed by atoms with Gasteiger partial charge < -0.3 is 5.41 Å². The van der Waals surface area contributed by atoms with Gasteiger partial charge in [0.15, 0.2) is 9.84 Å². The SMILES string of the molecule is CCC(F)(F)c1cccc(S(=O)(=O)C(C)(C)CC2CC(C(=N)CC(=O)C3CCCCC3C)C2)c1. The lowest BCUT2D eigenvalue weighted by Crippen LogP contribution is -2.40. The lowest BCUT2D eigenvalue weighted by atomic mass is 9.67. The molecule has 1 aromatic rings. The minimum Gasteiger partial charge on any atom is -0.309 e. The Balaban J connectivity index is 1.59. The smallest absolute Gasteiger partial charge is 0.273 e. The van der Waals surface area contributed by atoms with Gasteiger partial charge in [-0.2, -0.15) is 0 Å². The molecule has 0 heterocycles. The molecule has 3 rings (SSSR count). The highest BCUT2D eigenvalue weighted by Gasteiger charge is 2.43. The van der Waals surface area contributed by atoms with Crippen LogP contribution in [0.5, 0.6) is 0 Å². The molecule has 0 aliphatic heterocycles. The van der Waals surface area contributed by atoms with E-state index in [0.717, 1.165) is 25.3 Å². The maximum atomic E-state index is 14.1. The highest BCUT2D eigenvalue weighted by Crippen LogP contribution is 2.44. The molecule has 2 unspecified atom stereocenters. The van der Waals surface area contributed by atoms with Crippen LogP contribution in [0.2, 0.25) is 0 Å². The molecule has 7 heteroatoms. The predicted octanol–water partition coefficient (Wildman–Crippen LogP) is 6.96. The standard InChI is InChI=1S/C27H39F2NO3S/c1-5-27(28,29)21-10-8-11-22(15-21)34(32,33)26(3,4)17-19-13-20(14-19)24(30)16-25(31)23-12-7-6-9-18(23)2/h8,10-11,15,18-20,23,30H,5-7,9,12-14,16-17H2,1-4H3. The maximum absolute atomic E-state index is 14.1. The molecule has 34 heavy (non-hydrogen) atoms. The Hall–Kier alpha value is -1.63. The quantitative estimate of drug-likeness (QED) is 0.356. The molecule has 2 atom stereocenters. The summed E-state index contributed by atoms with van der Waals surface area (Å²) < 4.78 is 53.8. The van der Waals surface area contributed by atoms with Crippen LogP contribution < -0.4 is 0 Å². The zero-order chi connectivity index (χ0) is 25.3. The van der Waals surface area contributed by atoms with Crippen LogP contribution in [0.25, 0.3) is 0 Å². The molecular formula is C27H39F2NO3S. The van der Waals surface area contributed by atoms with E-state index in [4.69, 9.17) is 5.41 Å². The Morgan fingerprint density at radius 3 is 2.41 bits per heavy atom. The van der Waals surface area contributed by atoms with Crippen molar-refractivity contribution in [2.45, 2.75) is 101 Å². The molecule has 1 aromatic carbocycles. The third kappa shape index (κ3) is 5.60. The van der Waals surface area contributed by atoms with Gasteiger partial charge in [0, 0.05) is 30.0 Å². The number of benzene rings is 1. The number of ketones is 1. The van der Waals surface area contributed by atoms with Crippen molar-refractivity contribution >= 4 is 21.3 Å². The first-order valence-electron chi connectivity index (χ1n) is 12.6. The minimum absolute atomic E-state index is 0.0397. The number of hydrogen-bond donors (Lipinski definition) is 1. The van der Waals surface area contributed by atoms with Crippen molar-refractivity contribution in [3.63, 3.8) is 0 Å². The van der Waals surface area contributed by atoms with E-state index in [9.17, 15) is 22.0 Å². The topological polar surface area (TPSA) is 75.1 Å². The number of sulfone groups is 1. The molecule has 0 aromatic heterocycles. The fourth-order valence-electron chi connectivity index (χ4n) is 5.66. The summed E-state index contributed by atoms with van der Waals surface area (Å²) in [5, 5.41) is 8.43. The summed E-state index contributed by atoms with van der Waals surface area (Å²) in [6.45, 7) is 6.81. The van der Waals surface area contributed by atoms with Crippen LogP contribution in [-0.4, -0.2) is 24.7 Å². The van der Waals surface area contributed by atoms with Crippen molar-refractivity contribution in [3.8, 4) is 0 Å². The first-order chi connectivity index (χ1) is 15.8. The van der Waals surface area contributed by atoms with Gasteiger partial charge in [0.05, 0.1) is 9.64 Å². The first-order valence-corrected chi connectivity index (χ1v) is 14.1. The van der Waals surface area contributed by atoms with Gasteiger partial charge in [-0.25, -0.2) is 17.2 Å². The summed E-state index contributed by atoms with van der Waals surface area (Å²) in [7, 11) is -3.82. The third-order valence-electron chi connectivity index (χ3n) is 8.14. The van der Waals surface area contributed by atoms with Crippen molar-refractivity contribution in [1.82, 2.24) is 0 Å². The summed E-state index contributed by atoms with van der Waals surface area (Å²) in [4.78, 5) is 12.6.